The molecule has 5 rings (SSSR count). The SMILES string of the molecule is O=C1c2ccccc2C(=O)N1CCCCN1CCCN(C(c2ccccc2)c2ccccc2)CC1. The number of carbonyl (C=O) groups excluding carboxylic acids is 2. The average molecular weight is 468 g/mol. The van der Waals surface area contributed by atoms with Crippen molar-refractivity contribution < 1.29 is 9.59 Å². The molecule has 2 aliphatic rings. The van der Waals surface area contributed by atoms with E-state index in [2.05, 4.69) is 70.5 Å². The van der Waals surface area contributed by atoms with Gasteiger partial charge in [-0.25, -0.2) is 0 Å². The minimum Gasteiger partial charge on any atom is -0.302 e. The summed E-state index contributed by atoms with van der Waals surface area (Å²) >= 11 is 0. The second-order valence-electron chi connectivity index (χ2n) is 9.47. The molecule has 5 nitrogen and oxygen atoms in total. The molecule has 0 aromatic heterocycles. The topological polar surface area (TPSA) is 43.9 Å². The van der Waals surface area contributed by atoms with Crippen LogP contribution in [-0.4, -0.2) is 65.8 Å². The second-order valence-corrected chi connectivity index (χ2v) is 9.47. The number of unbranched alkanes of at least 4 members (excludes halogenated alkanes) is 1. The lowest BCUT2D eigenvalue weighted by Crippen LogP contribution is -2.35. The quantitative estimate of drug-likeness (QED) is 0.351. The third-order valence-electron chi connectivity index (χ3n) is 7.20. The van der Waals surface area contributed by atoms with E-state index < -0.39 is 0 Å². The smallest absolute Gasteiger partial charge is 0.261 e. The van der Waals surface area contributed by atoms with Gasteiger partial charge in [-0.1, -0.05) is 72.8 Å². The van der Waals surface area contributed by atoms with Crippen LogP contribution >= 0.6 is 0 Å². The number of carbonyl (C=O) groups is 2. The molecule has 35 heavy (non-hydrogen) atoms. The van der Waals surface area contributed by atoms with Gasteiger partial charge < -0.3 is 4.90 Å². The van der Waals surface area contributed by atoms with Crippen LogP contribution in [0.2, 0.25) is 0 Å². The normalized spacial score (nSPS) is 17.1. The Morgan fingerprint density at radius 3 is 1.74 bits per heavy atom. The van der Waals surface area contributed by atoms with Gasteiger partial charge in [0.25, 0.3) is 11.8 Å². The number of amides is 2. The Bertz CT molecular complexity index is 1070. The lowest BCUT2D eigenvalue weighted by atomic mass is 9.97. The van der Waals surface area contributed by atoms with Crippen LogP contribution in [0.3, 0.4) is 0 Å². The lowest BCUT2D eigenvalue weighted by molar-refractivity contribution is 0.0650. The first-order chi connectivity index (χ1) is 17.2. The van der Waals surface area contributed by atoms with Gasteiger partial charge in [-0.15, -0.1) is 0 Å². The molecule has 2 aliphatic heterocycles. The number of fused-ring (bicyclic) bond motifs is 1. The van der Waals surface area contributed by atoms with Crippen molar-refractivity contribution in [3.63, 3.8) is 0 Å². The van der Waals surface area contributed by atoms with Crippen LogP contribution in [0.5, 0.6) is 0 Å². The minimum atomic E-state index is -0.149. The van der Waals surface area contributed by atoms with Gasteiger partial charge in [0, 0.05) is 26.2 Å². The van der Waals surface area contributed by atoms with E-state index in [0.717, 1.165) is 52.0 Å². The van der Waals surface area contributed by atoms with Gasteiger partial charge in [-0.2, -0.15) is 0 Å². The monoisotopic (exact) mass is 467 g/mol. The largest absolute Gasteiger partial charge is 0.302 e. The fourth-order valence-electron chi connectivity index (χ4n) is 5.40. The van der Waals surface area contributed by atoms with Gasteiger partial charge in [0.2, 0.25) is 0 Å². The van der Waals surface area contributed by atoms with Crippen LogP contribution in [0.4, 0.5) is 0 Å². The predicted octanol–water partition coefficient (Wildman–Crippen LogP) is 4.86. The Labute approximate surface area is 208 Å². The summed E-state index contributed by atoms with van der Waals surface area (Å²) in [5.41, 5.74) is 3.76. The van der Waals surface area contributed by atoms with Crippen molar-refractivity contribution in [2.24, 2.45) is 0 Å². The maximum atomic E-state index is 12.6. The molecule has 5 heteroatoms. The average Bonchev–Trinajstić information content (AvgIpc) is 3.04. The number of benzene rings is 3. The predicted molar refractivity (Wildman–Crippen MR) is 138 cm³/mol. The molecule has 3 aromatic carbocycles. The molecular weight excluding hydrogens is 434 g/mol. The molecule has 0 saturated carbocycles. The van der Waals surface area contributed by atoms with E-state index in [-0.39, 0.29) is 17.9 Å². The van der Waals surface area contributed by atoms with Crippen LogP contribution in [0.15, 0.2) is 84.9 Å². The van der Waals surface area contributed by atoms with E-state index in [1.807, 2.05) is 12.1 Å². The molecular formula is C30H33N3O2. The third kappa shape index (κ3) is 5.21. The summed E-state index contributed by atoms with van der Waals surface area (Å²) in [6.07, 6.45) is 2.95. The number of hydrogen-bond acceptors (Lipinski definition) is 4. The van der Waals surface area contributed by atoms with Crippen LogP contribution in [0.1, 0.15) is 57.1 Å². The van der Waals surface area contributed by atoms with Crippen molar-refractivity contribution in [1.29, 1.82) is 0 Å². The van der Waals surface area contributed by atoms with Crippen molar-refractivity contribution in [1.82, 2.24) is 14.7 Å². The van der Waals surface area contributed by atoms with Gasteiger partial charge >= 0.3 is 0 Å². The maximum absolute atomic E-state index is 12.6. The van der Waals surface area contributed by atoms with E-state index >= 15 is 0 Å². The fraction of sp³-hybridized carbons (Fsp3) is 0.333. The van der Waals surface area contributed by atoms with E-state index in [9.17, 15) is 9.59 Å². The zero-order valence-corrected chi connectivity index (χ0v) is 20.2. The zero-order chi connectivity index (χ0) is 24.0. The Kier molecular flexibility index (Phi) is 7.36. The first kappa shape index (κ1) is 23.5. The van der Waals surface area contributed by atoms with Crippen molar-refractivity contribution in [2.75, 3.05) is 39.3 Å². The first-order valence-corrected chi connectivity index (χ1v) is 12.7. The minimum absolute atomic E-state index is 0.149. The van der Waals surface area contributed by atoms with Gasteiger partial charge in [-0.05, 0) is 55.6 Å². The summed E-state index contributed by atoms with van der Waals surface area (Å²) in [7, 11) is 0. The molecule has 0 radical (unpaired) electrons. The van der Waals surface area contributed by atoms with Crippen LogP contribution in [0.25, 0.3) is 0 Å². The summed E-state index contributed by atoms with van der Waals surface area (Å²) in [6, 6.07) is 29.0. The molecule has 0 bridgehead atoms. The van der Waals surface area contributed by atoms with E-state index in [1.165, 1.54) is 16.0 Å². The summed E-state index contributed by atoms with van der Waals surface area (Å²) in [5.74, 6) is -0.298. The molecule has 0 spiro atoms. The van der Waals surface area contributed by atoms with Crippen molar-refractivity contribution in [2.45, 2.75) is 25.3 Å². The highest BCUT2D eigenvalue weighted by Crippen LogP contribution is 2.29. The van der Waals surface area contributed by atoms with Gasteiger partial charge in [0.05, 0.1) is 17.2 Å². The lowest BCUT2D eigenvalue weighted by Gasteiger charge is -2.31. The summed E-state index contributed by atoms with van der Waals surface area (Å²) in [4.78, 5) is 31.7. The number of imide groups is 1. The Balaban J connectivity index is 1.15. The highest BCUT2D eigenvalue weighted by molar-refractivity contribution is 6.21. The fourth-order valence-corrected chi connectivity index (χ4v) is 5.40. The van der Waals surface area contributed by atoms with Crippen LogP contribution in [-0.2, 0) is 0 Å². The molecule has 180 valence electrons. The van der Waals surface area contributed by atoms with Crippen LogP contribution in [0, 0.1) is 0 Å². The first-order valence-electron chi connectivity index (χ1n) is 12.7. The van der Waals surface area contributed by atoms with Gasteiger partial charge in [-0.3, -0.25) is 19.4 Å². The number of hydrogen-bond donors (Lipinski definition) is 0. The van der Waals surface area contributed by atoms with Gasteiger partial charge in [0.1, 0.15) is 0 Å². The Morgan fingerprint density at radius 2 is 1.14 bits per heavy atom. The zero-order valence-electron chi connectivity index (χ0n) is 20.2. The molecule has 0 unspecified atom stereocenters. The highest BCUT2D eigenvalue weighted by atomic mass is 16.2. The molecule has 0 N–H and O–H groups in total. The molecule has 2 amide bonds. The molecule has 1 saturated heterocycles. The highest BCUT2D eigenvalue weighted by Gasteiger charge is 2.34. The van der Waals surface area contributed by atoms with Gasteiger partial charge in [0.15, 0.2) is 0 Å². The Morgan fingerprint density at radius 1 is 0.600 bits per heavy atom. The molecule has 0 atom stereocenters. The summed E-state index contributed by atoms with van der Waals surface area (Å²) in [5, 5.41) is 0. The molecule has 0 aliphatic carbocycles. The summed E-state index contributed by atoms with van der Waals surface area (Å²) < 4.78 is 0. The second kappa shape index (κ2) is 11.0. The van der Waals surface area contributed by atoms with Crippen molar-refractivity contribution in [3.05, 3.63) is 107 Å². The van der Waals surface area contributed by atoms with E-state index in [1.54, 1.807) is 12.1 Å². The van der Waals surface area contributed by atoms with Crippen molar-refractivity contribution in [3.8, 4) is 0 Å². The third-order valence-corrected chi connectivity index (χ3v) is 7.20. The number of rotatable bonds is 8. The number of nitrogens with zero attached hydrogens (tertiary/aromatic N) is 3. The molecule has 3 aromatic rings. The van der Waals surface area contributed by atoms with Crippen molar-refractivity contribution >= 4 is 11.8 Å². The maximum Gasteiger partial charge on any atom is 0.261 e. The van der Waals surface area contributed by atoms with E-state index in [0.29, 0.717) is 17.7 Å². The molecule has 2 heterocycles. The summed E-state index contributed by atoms with van der Waals surface area (Å²) in [6.45, 7) is 5.70. The van der Waals surface area contributed by atoms with E-state index in [4.69, 9.17) is 0 Å². The molecule has 1 fully saturated rings. The van der Waals surface area contributed by atoms with Crippen LogP contribution < -0.4 is 0 Å². The standard InChI is InChI=1S/C30H33N3O2/c34-29-26-16-7-8-17-27(26)30(35)33(29)21-10-9-18-31-19-11-20-32(23-22-31)28(24-12-3-1-4-13-24)25-14-5-2-6-15-25/h1-8,12-17,28H,9-11,18-23H2. The Hall–Kier alpha value is -3.28.